The van der Waals surface area contributed by atoms with Crippen molar-refractivity contribution >= 4 is 53.1 Å². The molecule has 1 aromatic heterocycles. The lowest BCUT2D eigenvalue weighted by Crippen LogP contribution is -1.87. The molecule has 0 radical (unpaired) electrons. The van der Waals surface area contributed by atoms with Crippen LogP contribution in [0.5, 0.6) is 0 Å². The first-order chi connectivity index (χ1) is 14.7. The molecule has 30 heavy (non-hydrogen) atoms. The maximum Gasteiger partial charge on any atom is 0.0361 e. The molecule has 0 atom stereocenters. The molecule has 0 saturated carbocycles. The number of fused-ring (bicyclic) bond motifs is 5. The monoisotopic (exact) mass is 410 g/mol. The van der Waals surface area contributed by atoms with E-state index in [9.17, 15) is 0 Å². The smallest absolute Gasteiger partial charge is 0.0361 e. The lowest BCUT2D eigenvalue weighted by atomic mass is 9.99. The third-order valence-electron chi connectivity index (χ3n) is 6.43. The zero-order valence-corrected chi connectivity index (χ0v) is 18.9. The Morgan fingerprint density at radius 2 is 1.23 bits per heavy atom. The molecule has 152 valence electrons. The van der Waals surface area contributed by atoms with Crippen molar-refractivity contribution in [3.63, 3.8) is 0 Å². The van der Waals surface area contributed by atoms with Gasteiger partial charge in [0.15, 0.2) is 0 Å². The molecule has 0 amide bonds. The summed E-state index contributed by atoms with van der Waals surface area (Å²) in [4.78, 5) is 0. The van der Waals surface area contributed by atoms with Gasteiger partial charge in [0, 0.05) is 20.2 Å². The molecule has 1 heterocycles. The van der Waals surface area contributed by atoms with Crippen LogP contribution in [-0.2, 0) is 6.42 Å². The fourth-order valence-electron chi connectivity index (χ4n) is 4.70. The minimum atomic E-state index is 1.21. The summed E-state index contributed by atoms with van der Waals surface area (Å²) in [6.45, 7) is 4.45. The van der Waals surface area contributed by atoms with Crippen molar-refractivity contribution in [2.24, 2.45) is 0 Å². The minimum Gasteiger partial charge on any atom is -0.135 e. The first-order valence-electron chi connectivity index (χ1n) is 11.5. The van der Waals surface area contributed by atoms with E-state index in [1.165, 1.54) is 97.8 Å². The molecule has 0 fully saturated rings. The number of benzene rings is 4. The summed E-state index contributed by atoms with van der Waals surface area (Å²) in [6.07, 6.45) is 9.37. The van der Waals surface area contributed by atoms with Gasteiger partial charge in [0.1, 0.15) is 0 Å². The van der Waals surface area contributed by atoms with Crippen LogP contribution in [0.2, 0.25) is 0 Å². The van der Waals surface area contributed by atoms with E-state index in [1.807, 2.05) is 11.3 Å². The quantitative estimate of drug-likeness (QED) is 0.234. The Bertz CT molecular complexity index is 1340. The van der Waals surface area contributed by atoms with Gasteiger partial charge in [-0.1, -0.05) is 81.0 Å². The van der Waals surface area contributed by atoms with Crippen molar-refractivity contribution in [1.29, 1.82) is 0 Å². The third kappa shape index (κ3) is 3.84. The van der Waals surface area contributed by atoms with Crippen molar-refractivity contribution in [3.05, 3.63) is 71.8 Å². The van der Waals surface area contributed by atoms with Gasteiger partial charge in [0.2, 0.25) is 0 Å². The van der Waals surface area contributed by atoms with Gasteiger partial charge < -0.3 is 0 Å². The summed E-state index contributed by atoms with van der Waals surface area (Å²) in [6, 6.07) is 23.4. The van der Waals surface area contributed by atoms with Crippen LogP contribution in [0.1, 0.15) is 56.6 Å². The highest BCUT2D eigenvalue weighted by atomic mass is 32.1. The maximum absolute atomic E-state index is 2.42. The zero-order valence-electron chi connectivity index (χ0n) is 18.1. The molecule has 5 rings (SSSR count). The molecule has 0 aliphatic carbocycles. The van der Waals surface area contributed by atoms with Crippen LogP contribution in [0, 0.1) is 6.92 Å². The summed E-state index contributed by atoms with van der Waals surface area (Å²) in [5.74, 6) is 0. The lowest BCUT2D eigenvalue weighted by Gasteiger charge is -2.05. The summed E-state index contributed by atoms with van der Waals surface area (Å²) >= 11 is 1.93. The van der Waals surface area contributed by atoms with Crippen LogP contribution in [0.4, 0.5) is 0 Å². The fraction of sp³-hybridized carbons (Fsp3) is 0.310. The number of aryl methyl sites for hydroxylation is 2. The Morgan fingerprint density at radius 3 is 1.97 bits per heavy atom. The first-order valence-corrected chi connectivity index (χ1v) is 12.3. The van der Waals surface area contributed by atoms with Crippen LogP contribution in [0.3, 0.4) is 0 Å². The SMILES string of the molecule is CCCCCCCCc1ccc2cc3c(cc2c1)sc1cc2cc(C)ccc2cc13. The molecule has 0 N–H and O–H groups in total. The highest BCUT2D eigenvalue weighted by molar-refractivity contribution is 7.26. The van der Waals surface area contributed by atoms with Gasteiger partial charge in [-0.3, -0.25) is 0 Å². The molecular formula is C29H30S. The Labute approximate surface area is 183 Å². The molecule has 0 saturated heterocycles. The molecule has 0 spiro atoms. The van der Waals surface area contributed by atoms with Crippen molar-refractivity contribution in [1.82, 2.24) is 0 Å². The topological polar surface area (TPSA) is 0 Å². The third-order valence-corrected chi connectivity index (χ3v) is 7.54. The zero-order chi connectivity index (χ0) is 20.5. The molecule has 0 aliphatic heterocycles. The lowest BCUT2D eigenvalue weighted by molar-refractivity contribution is 0.607. The predicted octanol–water partition coefficient (Wildman–Crippen LogP) is 9.57. The number of thiophene rings is 1. The van der Waals surface area contributed by atoms with Crippen molar-refractivity contribution in [2.45, 2.75) is 58.8 Å². The van der Waals surface area contributed by atoms with Gasteiger partial charge in [-0.15, -0.1) is 11.3 Å². The summed E-state index contributed by atoms with van der Waals surface area (Å²) in [5.41, 5.74) is 2.81. The maximum atomic E-state index is 2.42. The fourth-order valence-corrected chi connectivity index (χ4v) is 5.86. The van der Waals surface area contributed by atoms with Crippen LogP contribution in [0.15, 0.2) is 60.7 Å². The number of hydrogen-bond acceptors (Lipinski definition) is 1. The Hall–Kier alpha value is -2.38. The van der Waals surface area contributed by atoms with E-state index < -0.39 is 0 Å². The number of unbranched alkanes of at least 4 members (excludes halogenated alkanes) is 5. The molecule has 1 heteroatoms. The van der Waals surface area contributed by atoms with Gasteiger partial charge >= 0.3 is 0 Å². The van der Waals surface area contributed by atoms with E-state index >= 15 is 0 Å². The van der Waals surface area contributed by atoms with Gasteiger partial charge in [-0.2, -0.15) is 0 Å². The van der Waals surface area contributed by atoms with E-state index in [1.54, 1.807) is 0 Å². The standard InChI is InChI=1S/C29H30S/c1-3-4-5-6-7-8-9-21-11-13-23-17-27-26-16-22-12-10-20(2)14-24(22)18-28(26)30-29(27)19-25(23)15-21/h10-19H,3-9H2,1-2H3. The predicted molar refractivity (Wildman–Crippen MR) is 136 cm³/mol. The second-order valence-corrected chi connectivity index (χ2v) is 9.93. The molecular weight excluding hydrogens is 380 g/mol. The molecule has 0 aliphatic rings. The highest BCUT2D eigenvalue weighted by Gasteiger charge is 2.09. The second kappa shape index (κ2) is 8.40. The van der Waals surface area contributed by atoms with Crippen molar-refractivity contribution < 1.29 is 0 Å². The van der Waals surface area contributed by atoms with Crippen molar-refractivity contribution in [2.75, 3.05) is 0 Å². The average Bonchev–Trinajstić information content (AvgIpc) is 3.09. The van der Waals surface area contributed by atoms with Crippen LogP contribution in [-0.4, -0.2) is 0 Å². The normalized spacial score (nSPS) is 11.9. The van der Waals surface area contributed by atoms with Crippen LogP contribution < -0.4 is 0 Å². The Balaban J connectivity index is 1.47. The minimum absolute atomic E-state index is 1.21. The Morgan fingerprint density at radius 1 is 0.600 bits per heavy atom. The molecule has 0 nitrogen and oxygen atoms in total. The highest BCUT2D eigenvalue weighted by Crippen LogP contribution is 2.38. The summed E-state index contributed by atoms with van der Waals surface area (Å²) in [5, 5.41) is 8.22. The van der Waals surface area contributed by atoms with E-state index in [-0.39, 0.29) is 0 Å². The van der Waals surface area contributed by atoms with Gasteiger partial charge in [-0.05, 0) is 71.1 Å². The van der Waals surface area contributed by atoms with Gasteiger partial charge in [-0.25, -0.2) is 0 Å². The number of rotatable bonds is 7. The second-order valence-electron chi connectivity index (χ2n) is 8.85. The van der Waals surface area contributed by atoms with E-state index in [4.69, 9.17) is 0 Å². The van der Waals surface area contributed by atoms with Gasteiger partial charge in [0.25, 0.3) is 0 Å². The van der Waals surface area contributed by atoms with Crippen LogP contribution >= 0.6 is 11.3 Å². The molecule has 5 aromatic rings. The first kappa shape index (κ1) is 19.6. The molecule has 0 bridgehead atoms. The average molecular weight is 411 g/mol. The van der Waals surface area contributed by atoms with E-state index in [0.717, 1.165) is 0 Å². The van der Waals surface area contributed by atoms with Crippen molar-refractivity contribution in [3.8, 4) is 0 Å². The summed E-state index contributed by atoms with van der Waals surface area (Å²) < 4.78 is 2.80. The molecule has 4 aromatic carbocycles. The van der Waals surface area contributed by atoms with E-state index in [2.05, 4.69) is 74.5 Å². The summed E-state index contributed by atoms with van der Waals surface area (Å²) in [7, 11) is 0. The van der Waals surface area contributed by atoms with Gasteiger partial charge in [0.05, 0.1) is 0 Å². The molecule has 0 unspecified atom stereocenters. The largest absolute Gasteiger partial charge is 0.135 e. The van der Waals surface area contributed by atoms with Crippen LogP contribution in [0.25, 0.3) is 41.7 Å². The Kier molecular flexibility index (Phi) is 5.48. The number of hydrogen-bond donors (Lipinski definition) is 0. The van der Waals surface area contributed by atoms with E-state index in [0.29, 0.717) is 0 Å².